The summed E-state index contributed by atoms with van der Waals surface area (Å²) in [5.74, 6) is -2.11. The van der Waals surface area contributed by atoms with E-state index < -0.39 is 18.2 Å². The molecule has 0 rings (SSSR count). The number of rotatable bonds is 4. The third-order valence-electron chi connectivity index (χ3n) is 0.939. The highest BCUT2D eigenvalue weighted by Crippen LogP contribution is 1.90. The summed E-state index contributed by atoms with van der Waals surface area (Å²) in [5.41, 5.74) is 3.74. The zero-order valence-corrected chi connectivity index (χ0v) is 6.88. The summed E-state index contributed by atoms with van der Waals surface area (Å²) >= 11 is 0. The molecule has 2 amide bonds. The van der Waals surface area contributed by atoms with E-state index in [9.17, 15) is 18.4 Å². The Kier molecular flexibility index (Phi) is 4.60. The first-order valence-electron chi connectivity index (χ1n) is 3.22. The van der Waals surface area contributed by atoms with Gasteiger partial charge in [0.2, 0.25) is 0 Å². The van der Waals surface area contributed by atoms with E-state index in [4.69, 9.17) is 0 Å². The molecule has 0 saturated carbocycles. The molecule has 7 heteroatoms. The number of nitrogens with one attached hydrogen (secondary N) is 2. The number of nitrogens with zero attached hydrogens (tertiary/aromatic N) is 1. The van der Waals surface area contributed by atoms with Crippen molar-refractivity contribution in [3.8, 4) is 0 Å². The fourth-order valence-corrected chi connectivity index (χ4v) is 0.453. The van der Waals surface area contributed by atoms with Gasteiger partial charge in [-0.1, -0.05) is 6.58 Å². The number of alkyl halides is 2. The van der Waals surface area contributed by atoms with Crippen LogP contribution in [0.1, 0.15) is 0 Å². The predicted octanol–water partition coefficient (Wildman–Crippen LogP) is -0.568. The van der Waals surface area contributed by atoms with E-state index in [1.807, 2.05) is 5.43 Å². The lowest BCUT2D eigenvalue weighted by molar-refractivity contribution is -0.139. The van der Waals surface area contributed by atoms with Gasteiger partial charge in [0.1, 0.15) is 0 Å². The molecule has 0 aliphatic rings. The van der Waals surface area contributed by atoms with Crippen molar-refractivity contribution < 1.29 is 18.4 Å². The summed E-state index contributed by atoms with van der Waals surface area (Å²) in [6.07, 6.45) is -2.19. The second kappa shape index (κ2) is 5.20. The quantitative estimate of drug-likeness (QED) is 0.464. The van der Waals surface area contributed by atoms with Crippen molar-refractivity contribution in [3.63, 3.8) is 0 Å². The van der Waals surface area contributed by atoms with Gasteiger partial charge in [-0.2, -0.15) is 8.78 Å². The Balaban J connectivity index is 3.87. The summed E-state index contributed by atoms with van der Waals surface area (Å²) in [7, 11) is 1.20. The Morgan fingerprint density at radius 1 is 1.46 bits per heavy atom. The monoisotopic (exact) mass is 193 g/mol. The normalized spacial score (nSPS) is 9.92. The van der Waals surface area contributed by atoms with Gasteiger partial charge < -0.3 is 0 Å². The van der Waals surface area contributed by atoms with Crippen LogP contribution in [0.5, 0.6) is 0 Å². The van der Waals surface area contributed by atoms with Crippen LogP contribution in [-0.4, -0.2) is 30.4 Å². The lowest BCUT2D eigenvalue weighted by Crippen LogP contribution is -2.51. The molecule has 13 heavy (non-hydrogen) atoms. The highest BCUT2D eigenvalue weighted by atomic mass is 19.3. The SMILES string of the molecule is C=CC(=O)NN(C)NC(=O)C(F)F. The van der Waals surface area contributed by atoms with Crippen molar-refractivity contribution in [1.82, 2.24) is 16.0 Å². The Labute approximate surface area is 73.3 Å². The van der Waals surface area contributed by atoms with Crippen molar-refractivity contribution in [1.29, 1.82) is 0 Å². The molecule has 0 bridgehead atoms. The first-order chi connectivity index (χ1) is 5.97. The second-order valence-electron chi connectivity index (χ2n) is 2.02. The maximum Gasteiger partial charge on any atom is 0.316 e. The van der Waals surface area contributed by atoms with Crippen molar-refractivity contribution >= 4 is 11.8 Å². The highest BCUT2D eigenvalue weighted by molar-refractivity contribution is 5.86. The zero-order chi connectivity index (χ0) is 10.4. The Bertz CT molecular complexity index is 220. The van der Waals surface area contributed by atoms with Crippen LogP contribution in [0.15, 0.2) is 12.7 Å². The first kappa shape index (κ1) is 11.5. The number of hydrazine groups is 2. The molecule has 5 nitrogen and oxygen atoms in total. The van der Waals surface area contributed by atoms with Gasteiger partial charge in [-0.25, -0.2) is 0 Å². The minimum atomic E-state index is -3.12. The van der Waals surface area contributed by atoms with Crippen molar-refractivity contribution in [2.24, 2.45) is 0 Å². The number of hydrogen-bond acceptors (Lipinski definition) is 3. The van der Waals surface area contributed by atoms with E-state index in [0.29, 0.717) is 0 Å². The number of halogens is 2. The van der Waals surface area contributed by atoms with Gasteiger partial charge in [-0.3, -0.25) is 20.4 Å². The van der Waals surface area contributed by atoms with Crippen LogP contribution in [0.25, 0.3) is 0 Å². The average Bonchev–Trinajstić information content (AvgIpc) is 2.03. The van der Waals surface area contributed by atoms with E-state index in [1.54, 1.807) is 5.43 Å². The molecular formula is C6H9F2N3O2. The van der Waals surface area contributed by atoms with Crippen LogP contribution in [0.2, 0.25) is 0 Å². The van der Waals surface area contributed by atoms with E-state index in [1.165, 1.54) is 7.05 Å². The predicted molar refractivity (Wildman–Crippen MR) is 40.2 cm³/mol. The molecular weight excluding hydrogens is 184 g/mol. The molecule has 0 aliphatic heterocycles. The van der Waals surface area contributed by atoms with Crippen molar-refractivity contribution in [3.05, 3.63) is 12.7 Å². The molecule has 0 atom stereocenters. The maximum absolute atomic E-state index is 11.6. The zero-order valence-electron chi connectivity index (χ0n) is 6.88. The molecule has 2 N–H and O–H groups in total. The molecule has 0 aliphatic carbocycles. The summed E-state index contributed by atoms with van der Waals surface area (Å²) in [6.45, 7) is 3.13. The largest absolute Gasteiger partial charge is 0.316 e. The third kappa shape index (κ3) is 4.86. The van der Waals surface area contributed by atoms with Gasteiger partial charge in [0.05, 0.1) is 0 Å². The molecule has 0 spiro atoms. The highest BCUT2D eigenvalue weighted by Gasteiger charge is 2.16. The third-order valence-corrected chi connectivity index (χ3v) is 0.939. The average molecular weight is 193 g/mol. The Morgan fingerprint density at radius 3 is 2.38 bits per heavy atom. The topological polar surface area (TPSA) is 61.4 Å². The van der Waals surface area contributed by atoms with Crippen molar-refractivity contribution in [2.75, 3.05) is 7.05 Å². The molecule has 0 aromatic rings. The van der Waals surface area contributed by atoms with Crippen LogP contribution < -0.4 is 10.9 Å². The van der Waals surface area contributed by atoms with Crippen LogP contribution in [-0.2, 0) is 9.59 Å². The summed E-state index contributed by atoms with van der Waals surface area (Å²) in [6, 6.07) is 0. The van der Waals surface area contributed by atoms with Gasteiger partial charge in [0, 0.05) is 7.05 Å². The Morgan fingerprint density at radius 2 is 2.00 bits per heavy atom. The molecule has 0 aromatic carbocycles. The standard InChI is InChI=1S/C6H9F2N3O2/c1-3-4(12)9-11(2)10-6(13)5(7)8/h3,5H,1H2,2H3,(H,9,12)(H,10,13). The Hall–Kier alpha value is -1.50. The minimum Gasteiger partial charge on any atom is -0.269 e. The smallest absolute Gasteiger partial charge is 0.269 e. The molecule has 0 radical (unpaired) electrons. The first-order valence-corrected chi connectivity index (χ1v) is 3.22. The van der Waals surface area contributed by atoms with Gasteiger partial charge >= 0.3 is 12.3 Å². The molecule has 0 fully saturated rings. The lowest BCUT2D eigenvalue weighted by Gasteiger charge is -2.17. The molecule has 0 heterocycles. The van der Waals surface area contributed by atoms with Gasteiger partial charge in [0.15, 0.2) is 0 Å². The number of hydrogen-bond donors (Lipinski definition) is 2. The van der Waals surface area contributed by atoms with E-state index in [0.717, 1.165) is 11.2 Å². The van der Waals surface area contributed by atoms with Crippen LogP contribution in [0.3, 0.4) is 0 Å². The summed E-state index contributed by atoms with van der Waals surface area (Å²) in [5, 5.41) is 0.721. The fraction of sp³-hybridized carbons (Fsp3) is 0.333. The van der Waals surface area contributed by atoms with E-state index in [-0.39, 0.29) is 0 Å². The molecule has 74 valence electrons. The van der Waals surface area contributed by atoms with Gasteiger partial charge in [-0.05, 0) is 6.08 Å². The van der Waals surface area contributed by atoms with Gasteiger partial charge in [-0.15, -0.1) is 5.12 Å². The molecule has 0 unspecified atom stereocenters. The van der Waals surface area contributed by atoms with Gasteiger partial charge in [0.25, 0.3) is 5.91 Å². The number of carbonyl (C=O) groups is 2. The summed E-state index contributed by atoms with van der Waals surface area (Å²) in [4.78, 5) is 20.9. The number of carbonyl (C=O) groups excluding carboxylic acids is 2. The lowest BCUT2D eigenvalue weighted by atomic mass is 10.6. The fourth-order valence-electron chi connectivity index (χ4n) is 0.453. The maximum atomic E-state index is 11.6. The van der Waals surface area contributed by atoms with Crippen molar-refractivity contribution in [2.45, 2.75) is 6.43 Å². The van der Waals surface area contributed by atoms with Crippen LogP contribution >= 0.6 is 0 Å². The molecule has 0 saturated heterocycles. The van der Waals surface area contributed by atoms with E-state index >= 15 is 0 Å². The van der Waals surface area contributed by atoms with Crippen LogP contribution in [0.4, 0.5) is 8.78 Å². The van der Waals surface area contributed by atoms with E-state index in [2.05, 4.69) is 6.58 Å². The van der Waals surface area contributed by atoms with Crippen LogP contribution in [0, 0.1) is 0 Å². The second-order valence-corrected chi connectivity index (χ2v) is 2.02. The summed E-state index contributed by atoms with van der Waals surface area (Å²) < 4.78 is 23.3. The molecule has 0 aromatic heterocycles. The number of amides is 2. The minimum absolute atomic E-state index is 0.614.